The standard InChI is InChI=1S/C24H16O2Si/c1-19(25)26-27-24-14-8-13-22(17-15-20-9-4-2-5-10-20)23(24)18-16-21-11-6-3-7-12-21/h2-14H,1H3. The van der Waals surface area contributed by atoms with Crippen molar-refractivity contribution in [2.24, 2.45) is 0 Å². The number of benzene rings is 3. The maximum absolute atomic E-state index is 11.2. The Morgan fingerprint density at radius 3 is 1.93 bits per heavy atom. The minimum absolute atomic E-state index is 0.101. The second kappa shape index (κ2) is 9.24. The summed E-state index contributed by atoms with van der Waals surface area (Å²) in [5.74, 6) is 12.5. The van der Waals surface area contributed by atoms with Crippen LogP contribution >= 0.6 is 0 Å². The van der Waals surface area contributed by atoms with Gasteiger partial charge in [0.2, 0.25) is 0 Å². The highest BCUT2D eigenvalue weighted by atomic mass is 28.2. The molecular weight excluding hydrogens is 348 g/mol. The van der Waals surface area contributed by atoms with E-state index >= 15 is 0 Å². The topological polar surface area (TPSA) is 26.3 Å². The van der Waals surface area contributed by atoms with Crippen molar-refractivity contribution in [3.63, 3.8) is 0 Å². The smallest absolute Gasteiger partial charge is 0.356 e. The van der Waals surface area contributed by atoms with Gasteiger partial charge in [-0.3, -0.25) is 4.79 Å². The molecule has 0 bridgehead atoms. The van der Waals surface area contributed by atoms with Gasteiger partial charge in [0, 0.05) is 29.2 Å². The van der Waals surface area contributed by atoms with Crippen LogP contribution in [0.4, 0.5) is 0 Å². The highest BCUT2D eigenvalue weighted by molar-refractivity contribution is 6.50. The van der Waals surface area contributed by atoms with Crippen molar-refractivity contribution in [3.05, 3.63) is 101 Å². The SMILES string of the molecule is CC(=O)O[Si]c1cccc(C#Cc2ccccc2)c1C#Cc1ccccc1. The average molecular weight is 364 g/mol. The Bertz CT molecular complexity index is 1050. The summed E-state index contributed by atoms with van der Waals surface area (Å²) >= 11 is 0. The zero-order valence-electron chi connectivity index (χ0n) is 14.8. The number of hydrogen-bond donors (Lipinski definition) is 0. The second-order valence-electron chi connectivity index (χ2n) is 5.66. The Morgan fingerprint density at radius 1 is 0.741 bits per heavy atom. The molecule has 0 heterocycles. The molecule has 128 valence electrons. The first-order chi connectivity index (χ1) is 13.2. The Morgan fingerprint density at radius 2 is 1.33 bits per heavy atom. The Kier molecular flexibility index (Phi) is 6.25. The fourth-order valence-electron chi connectivity index (χ4n) is 2.32. The van der Waals surface area contributed by atoms with Crippen LogP contribution in [0.5, 0.6) is 0 Å². The fraction of sp³-hybridized carbons (Fsp3) is 0.0417. The van der Waals surface area contributed by atoms with E-state index in [-0.39, 0.29) is 15.7 Å². The van der Waals surface area contributed by atoms with Gasteiger partial charge in [0.25, 0.3) is 5.97 Å². The van der Waals surface area contributed by atoms with Crippen LogP contribution in [0.3, 0.4) is 0 Å². The Labute approximate surface area is 162 Å². The molecule has 27 heavy (non-hydrogen) atoms. The zero-order valence-corrected chi connectivity index (χ0v) is 15.8. The van der Waals surface area contributed by atoms with Crippen LogP contribution in [-0.2, 0) is 9.22 Å². The van der Waals surface area contributed by atoms with Gasteiger partial charge in [0.15, 0.2) is 0 Å². The lowest BCUT2D eigenvalue weighted by Gasteiger charge is -2.05. The van der Waals surface area contributed by atoms with Gasteiger partial charge in [-0.25, -0.2) is 0 Å². The minimum Gasteiger partial charge on any atom is -0.511 e. The maximum atomic E-state index is 11.2. The molecule has 0 saturated carbocycles. The predicted molar refractivity (Wildman–Crippen MR) is 108 cm³/mol. The first-order valence-corrected chi connectivity index (χ1v) is 9.34. The van der Waals surface area contributed by atoms with Crippen molar-refractivity contribution in [2.45, 2.75) is 6.92 Å². The fourth-order valence-corrected chi connectivity index (χ4v) is 3.04. The van der Waals surface area contributed by atoms with Crippen molar-refractivity contribution in [1.29, 1.82) is 0 Å². The summed E-state index contributed by atoms with van der Waals surface area (Å²) in [4.78, 5) is 11.2. The molecule has 0 unspecified atom stereocenters. The number of hydrogen-bond acceptors (Lipinski definition) is 2. The number of carbonyl (C=O) groups excluding carboxylic acids is 1. The van der Waals surface area contributed by atoms with E-state index in [1.807, 2.05) is 78.9 Å². The van der Waals surface area contributed by atoms with Crippen molar-refractivity contribution >= 4 is 20.9 Å². The van der Waals surface area contributed by atoms with Gasteiger partial charge in [-0.15, -0.1) is 0 Å². The van der Waals surface area contributed by atoms with Gasteiger partial charge in [0.05, 0.1) is 0 Å². The highest BCUT2D eigenvalue weighted by Crippen LogP contribution is 2.06. The number of rotatable bonds is 2. The van der Waals surface area contributed by atoms with Crippen LogP contribution in [0.2, 0.25) is 0 Å². The molecule has 0 aliphatic rings. The first kappa shape index (κ1) is 18.3. The molecule has 2 radical (unpaired) electrons. The molecule has 3 heteroatoms. The predicted octanol–water partition coefficient (Wildman–Crippen LogP) is 3.29. The number of carbonyl (C=O) groups is 1. The molecule has 0 aliphatic heterocycles. The van der Waals surface area contributed by atoms with Crippen LogP contribution in [0.15, 0.2) is 78.9 Å². The zero-order chi connectivity index (χ0) is 18.9. The van der Waals surface area contributed by atoms with E-state index in [0.29, 0.717) is 0 Å². The van der Waals surface area contributed by atoms with Crippen LogP contribution in [0.1, 0.15) is 29.2 Å². The summed E-state index contributed by atoms with van der Waals surface area (Å²) in [5, 5.41) is 0.869. The lowest BCUT2D eigenvalue weighted by atomic mass is 10.1. The normalized spacial score (nSPS) is 9.37. The van der Waals surface area contributed by atoms with E-state index < -0.39 is 0 Å². The summed E-state index contributed by atoms with van der Waals surface area (Å²) < 4.78 is 5.21. The molecule has 3 aromatic rings. The van der Waals surface area contributed by atoms with E-state index in [1.54, 1.807) is 0 Å². The van der Waals surface area contributed by atoms with Crippen LogP contribution in [-0.4, -0.2) is 15.7 Å². The quantitative estimate of drug-likeness (QED) is 0.515. The van der Waals surface area contributed by atoms with Crippen molar-refractivity contribution in [3.8, 4) is 23.7 Å². The molecular formula is C24H16O2Si. The largest absolute Gasteiger partial charge is 0.511 e. The van der Waals surface area contributed by atoms with E-state index in [1.165, 1.54) is 6.92 Å². The van der Waals surface area contributed by atoms with Gasteiger partial charge < -0.3 is 4.43 Å². The molecule has 0 fully saturated rings. The van der Waals surface area contributed by atoms with Gasteiger partial charge in [-0.2, -0.15) is 0 Å². The minimum atomic E-state index is -0.309. The molecule has 0 spiro atoms. The third kappa shape index (κ3) is 5.47. The molecule has 0 saturated heterocycles. The van der Waals surface area contributed by atoms with Gasteiger partial charge in [-0.1, -0.05) is 72.2 Å². The van der Waals surface area contributed by atoms with E-state index in [0.717, 1.165) is 27.4 Å². The molecule has 0 atom stereocenters. The van der Waals surface area contributed by atoms with E-state index in [4.69, 9.17) is 4.43 Å². The summed E-state index contributed by atoms with van der Waals surface area (Å²) in [7, 11) is -0.101. The van der Waals surface area contributed by atoms with E-state index in [9.17, 15) is 4.79 Å². The maximum Gasteiger partial charge on any atom is 0.356 e. The van der Waals surface area contributed by atoms with Gasteiger partial charge >= 0.3 is 9.76 Å². The Hall–Kier alpha value is -3.53. The molecule has 2 nitrogen and oxygen atoms in total. The van der Waals surface area contributed by atoms with E-state index in [2.05, 4.69) is 23.7 Å². The van der Waals surface area contributed by atoms with Crippen LogP contribution in [0, 0.1) is 23.7 Å². The molecule has 0 amide bonds. The van der Waals surface area contributed by atoms with Crippen LogP contribution in [0.25, 0.3) is 0 Å². The molecule has 3 rings (SSSR count). The monoisotopic (exact) mass is 364 g/mol. The second-order valence-corrected chi connectivity index (χ2v) is 6.60. The Balaban J connectivity index is 2.02. The average Bonchev–Trinajstić information content (AvgIpc) is 2.71. The first-order valence-electron chi connectivity index (χ1n) is 8.43. The summed E-state index contributed by atoms with van der Waals surface area (Å²) in [6, 6.07) is 25.3. The van der Waals surface area contributed by atoms with Crippen molar-refractivity contribution in [2.75, 3.05) is 0 Å². The summed E-state index contributed by atoms with van der Waals surface area (Å²) in [6.07, 6.45) is 0. The molecule has 0 N–H and O–H groups in total. The van der Waals surface area contributed by atoms with Crippen LogP contribution < -0.4 is 5.19 Å². The lowest BCUT2D eigenvalue weighted by Crippen LogP contribution is -2.23. The summed E-state index contributed by atoms with van der Waals surface area (Å²) in [6.45, 7) is 1.40. The third-order valence-electron chi connectivity index (χ3n) is 3.59. The molecule has 0 aromatic heterocycles. The molecule has 0 aliphatic carbocycles. The lowest BCUT2D eigenvalue weighted by molar-refractivity contribution is -0.131. The third-order valence-corrected chi connectivity index (χ3v) is 4.62. The van der Waals surface area contributed by atoms with Gasteiger partial charge in [-0.05, 0) is 35.5 Å². The summed E-state index contributed by atoms with van der Waals surface area (Å²) in [5.41, 5.74) is 3.47. The van der Waals surface area contributed by atoms with Crippen molar-refractivity contribution < 1.29 is 9.22 Å². The molecule has 3 aromatic carbocycles. The van der Waals surface area contributed by atoms with Gasteiger partial charge in [0.1, 0.15) is 0 Å². The van der Waals surface area contributed by atoms with Crippen molar-refractivity contribution in [1.82, 2.24) is 0 Å². The highest BCUT2D eigenvalue weighted by Gasteiger charge is 2.09.